The maximum atomic E-state index is 12.3. The number of carbonyl (C=O) groups is 2. The van der Waals surface area contributed by atoms with Crippen molar-refractivity contribution in [1.29, 1.82) is 0 Å². The topological polar surface area (TPSA) is 86.4 Å². The van der Waals surface area contributed by atoms with E-state index in [0.717, 1.165) is 5.56 Å². The molecule has 0 fully saturated rings. The number of nitrogens with one attached hydrogen (secondary N) is 1. The highest BCUT2D eigenvalue weighted by molar-refractivity contribution is 6.03. The van der Waals surface area contributed by atoms with Crippen LogP contribution in [0.2, 0.25) is 0 Å². The number of anilines is 2. The third-order valence-corrected chi connectivity index (χ3v) is 3.21. The maximum Gasteiger partial charge on any atom is 0.310 e. The van der Waals surface area contributed by atoms with Gasteiger partial charge in [-0.15, -0.1) is 0 Å². The summed E-state index contributed by atoms with van der Waals surface area (Å²) in [6, 6.07) is 8.74. The predicted octanol–water partition coefficient (Wildman–Crippen LogP) is 2.74. The number of benzene rings is 1. The molecule has 0 spiro atoms. The smallest absolute Gasteiger partial charge is 0.310 e. The number of nitrogens with zero attached hydrogens (tertiary/aromatic N) is 1. The second kappa shape index (κ2) is 6.78. The molecule has 0 bridgehead atoms. The van der Waals surface area contributed by atoms with E-state index in [4.69, 9.17) is 10.5 Å². The number of amides is 1. The highest BCUT2D eigenvalue weighted by Gasteiger charge is 2.17. The summed E-state index contributed by atoms with van der Waals surface area (Å²) < 4.78 is 6.97. The lowest BCUT2D eigenvalue weighted by Crippen LogP contribution is -2.24. The minimum absolute atomic E-state index is 0.151. The van der Waals surface area contributed by atoms with Crippen LogP contribution in [0.5, 0.6) is 0 Å². The number of carbonyl (C=O) groups excluding carboxylic acids is 2. The maximum absolute atomic E-state index is 12.3. The molecular weight excluding hydrogens is 306 g/mol. The number of hydrogen-bond acceptors (Lipinski definition) is 4. The van der Waals surface area contributed by atoms with E-state index in [0.29, 0.717) is 17.1 Å². The van der Waals surface area contributed by atoms with Crippen LogP contribution >= 0.6 is 0 Å². The molecule has 0 aliphatic carbocycles. The molecule has 1 heterocycles. The van der Waals surface area contributed by atoms with Gasteiger partial charge in [0.25, 0.3) is 5.91 Å². The number of esters is 1. The largest absolute Gasteiger partial charge is 0.460 e. The van der Waals surface area contributed by atoms with E-state index in [-0.39, 0.29) is 18.3 Å². The monoisotopic (exact) mass is 329 g/mol. The summed E-state index contributed by atoms with van der Waals surface area (Å²) in [5.41, 5.74) is 7.54. The van der Waals surface area contributed by atoms with Gasteiger partial charge in [0.05, 0.1) is 12.1 Å². The number of ether oxygens (including phenoxy) is 1. The number of aryl methyl sites for hydroxylation is 1. The Balaban J connectivity index is 2.06. The van der Waals surface area contributed by atoms with E-state index in [2.05, 4.69) is 5.32 Å². The van der Waals surface area contributed by atoms with Crippen LogP contribution in [0.25, 0.3) is 0 Å². The van der Waals surface area contributed by atoms with Gasteiger partial charge < -0.3 is 20.4 Å². The Morgan fingerprint density at radius 3 is 2.54 bits per heavy atom. The molecule has 2 rings (SSSR count). The van der Waals surface area contributed by atoms with Gasteiger partial charge in [0.2, 0.25) is 0 Å². The molecule has 0 unspecified atom stereocenters. The second-order valence-electron chi connectivity index (χ2n) is 6.69. The molecule has 3 N–H and O–H groups in total. The Morgan fingerprint density at radius 2 is 1.96 bits per heavy atom. The fourth-order valence-electron chi connectivity index (χ4n) is 2.31. The lowest BCUT2D eigenvalue weighted by Gasteiger charge is -2.19. The Kier molecular flexibility index (Phi) is 4.97. The summed E-state index contributed by atoms with van der Waals surface area (Å²) >= 11 is 0. The summed E-state index contributed by atoms with van der Waals surface area (Å²) in [6.45, 7) is 5.48. The third kappa shape index (κ3) is 4.87. The molecule has 2 aromatic rings. The van der Waals surface area contributed by atoms with Gasteiger partial charge in [0, 0.05) is 18.9 Å². The van der Waals surface area contributed by atoms with Crippen LogP contribution in [0, 0.1) is 0 Å². The minimum atomic E-state index is -0.518. The van der Waals surface area contributed by atoms with Gasteiger partial charge >= 0.3 is 5.97 Å². The first-order valence-corrected chi connectivity index (χ1v) is 7.68. The molecule has 1 amide bonds. The zero-order valence-electron chi connectivity index (χ0n) is 14.4. The molecule has 1 aromatic heterocycles. The normalized spacial score (nSPS) is 11.2. The number of aromatic nitrogens is 1. The average molecular weight is 329 g/mol. The van der Waals surface area contributed by atoms with Crippen molar-refractivity contribution in [2.75, 3.05) is 11.1 Å². The molecule has 0 aliphatic rings. The molecule has 1 aromatic carbocycles. The number of hydrogen-bond donors (Lipinski definition) is 2. The van der Waals surface area contributed by atoms with Gasteiger partial charge in [-0.2, -0.15) is 0 Å². The fraction of sp³-hybridized carbons (Fsp3) is 0.333. The second-order valence-corrected chi connectivity index (χ2v) is 6.69. The lowest BCUT2D eigenvalue weighted by atomic mass is 10.1. The first-order valence-electron chi connectivity index (χ1n) is 7.68. The lowest BCUT2D eigenvalue weighted by molar-refractivity contribution is -0.153. The molecule has 0 saturated carbocycles. The van der Waals surface area contributed by atoms with Crippen LogP contribution in [0.15, 0.2) is 36.5 Å². The highest BCUT2D eigenvalue weighted by atomic mass is 16.6. The van der Waals surface area contributed by atoms with Crippen molar-refractivity contribution in [3.05, 3.63) is 47.8 Å². The van der Waals surface area contributed by atoms with Gasteiger partial charge in [-0.05, 0) is 44.5 Å². The van der Waals surface area contributed by atoms with Crippen LogP contribution in [-0.2, 0) is 23.0 Å². The summed E-state index contributed by atoms with van der Waals surface area (Å²) in [6.07, 6.45) is 1.83. The molecule has 24 heavy (non-hydrogen) atoms. The first kappa shape index (κ1) is 17.6. The first-order chi connectivity index (χ1) is 11.1. The highest BCUT2D eigenvalue weighted by Crippen LogP contribution is 2.16. The fourth-order valence-corrected chi connectivity index (χ4v) is 2.31. The van der Waals surface area contributed by atoms with Crippen molar-refractivity contribution >= 4 is 23.3 Å². The molecule has 0 atom stereocenters. The zero-order chi connectivity index (χ0) is 17.9. The van der Waals surface area contributed by atoms with E-state index in [1.807, 2.05) is 26.8 Å². The standard InChI is InChI=1S/C18H23N3O3/c1-18(2,3)24-16(22)9-12-6-5-7-14(8-12)20-17(23)15-10-13(19)11-21(15)4/h5-8,10-11H,9,19H2,1-4H3,(H,20,23). The molecule has 0 saturated heterocycles. The van der Waals surface area contributed by atoms with Crippen LogP contribution in [-0.4, -0.2) is 22.0 Å². The number of rotatable bonds is 4. The summed E-state index contributed by atoms with van der Waals surface area (Å²) in [5.74, 6) is -0.565. The molecule has 128 valence electrons. The van der Waals surface area contributed by atoms with Gasteiger partial charge in [-0.3, -0.25) is 9.59 Å². The molecule has 6 nitrogen and oxygen atoms in total. The van der Waals surface area contributed by atoms with Crippen molar-refractivity contribution in [1.82, 2.24) is 4.57 Å². The van der Waals surface area contributed by atoms with Crippen LogP contribution < -0.4 is 11.1 Å². The van der Waals surface area contributed by atoms with Gasteiger partial charge in [-0.25, -0.2) is 0 Å². The van der Waals surface area contributed by atoms with Gasteiger partial charge in [0.15, 0.2) is 0 Å². The van der Waals surface area contributed by atoms with Gasteiger partial charge in [0.1, 0.15) is 11.3 Å². The number of nitrogens with two attached hydrogens (primary N) is 1. The summed E-state index contributed by atoms with van der Waals surface area (Å²) in [7, 11) is 1.75. The Morgan fingerprint density at radius 1 is 1.25 bits per heavy atom. The SMILES string of the molecule is Cn1cc(N)cc1C(=O)Nc1cccc(CC(=O)OC(C)(C)C)c1. The summed E-state index contributed by atoms with van der Waals surface area (Å²) in [5, 5.41) is 2.81. The van der Waals surface area contributed by atoms with Crippen molar-refractivity contribution in [3.8, 4) is 0 Å². The van der Waals surface area contributed by atoms with Crippen molar-refractivity contribution < 1.29 is 14.3 Å². The Hall–Kier alpha value is -2.76. The molecule has 6 heteroatoms. The van der Waals surface area contributed by atoms with Crippen molar-refractivity contribution in [2.45, 2.75) is 32.8 Å². The van der Waals surface area contributed by atoms with Gasteiger partial charge in [-0.1, -0.05) is 12.1 Å². The van der Waals surface area contributed by atoms with Crippen molar-refractivity contribution in [2.24, 2.45) is 7.05 Å². The minimum Gasteiger partial charge on any atom is -0.460 e. The van der Waals surface area contributed by atoms with E-state index >= 15 is 0 Å². The molecule has 0 aliphatic heterocycles. The Labute approximate surface area is 141 Å². The summed E-state index contributed by atoms with van der Waals surface area (Å²) in [4.78, 5) is 24.2. The third-order valence-electron chi connectivity index (χ3n) is 3.21. The van der Waals surface area contributed by atoms with E-state index in [9.17, 15) is 9.59 Å². The molecule has 0 radical (unpaired) electrons. The van der Waals surface area contributed by atoms with Crippen LogP contribution in [0.4, 0.5) is 11.4 Å². The van der Waals surface area contributed by atoms with E-state index in [1.165, 1.54) is 0 Å². The Bertz CT molecular complexity index is 757. The average Bonchev–Trinajstić information content (AvgIpc) is 2.76. The van der Waals surface area contributed by atoms with Crippen LogP contribution in [0.1, 0.15) is 36.8 Å². The van der Waals surface area contributed by atoms with E-state index in [1.54, 1.807) is 42.1 Å². The molecular formula is C18H23N3O3. The predicted molar refractivity (Wildman–Crippen MR) is 93.8 cm³/mol. The number of nitrogen functional groups attached to an aromatic ring is 1. The zero-order valence-corrected chi connectivity index (χ0v) is 14.4. The van der Waals surface area contributed by atoms with E-state index < -0.39 is 5.60 Å². The van der Waals surface area contributed by atoms with Crippen LogP contribution in [0.3, 0.4) is 0 Å². The van der Waals surface area contributed by atoms with Crippen molar-refractivity contribution in [3.63, 3.8) is 0 Å². The quantitative estimate of drug-likeness (QED) is 0.845.